The molecule has 6 heteroatoms. The molecule has 0 aliphatic rings. The molecule has 0 atom stereocenters. The van der Waals surface area contributed by atoms with Crippen LogP contribution in [0.5, 0.6) is 0 Å². The van der Waals surface area contributed by atoms with Gasteiger partial charge >= 0.3 is 0 Å². The minimum absolute atomic E-state index is 0.0826. The molecule has 0 unspecified atom stereocenters. The molecule has 0 fully saturated rings. The van der Waals surface area contributed by atoms with E-state index in [1.54, 1.807) is 12.1 Å². The Labute approximate surface area is 132 Å². The van der Waals surface area contributed by atoms with E-state index >= 15 is 0 Å². The quantitative estimate of drug-likeness (QED) is 0.443. The van der Waals surface area contributed by atoms with Crippen molar-refractivity contribution in [3.63, 3.8) is 0 Å². The van der Waals surface area contributed by atoms with Gasteiger partial charge in [-0.2, -0.15) is 0 Å². The first kappa shape index (κ1) is 13.1. The van der Waals surface area contributed by atoms with Gasteiger partial charge in [-0.25, -0.2) is 4.39 Å². The maximum atomic E-state index is 13.2. The summed E-state index contributed by atoms with van der Waals surface area (Å²) in [5, 5.41) is 0.0826. The van der Waals surface area contributed by atoms with Gasteiger partial charge in [0.2, 0.25) is 0 Å². The molecule has 96 valence electrons. The third-order valence-electron chi connectivity index (χ3n) is 2.81. The predicted molar refractivity (Wildman–Crippen MR) is 86.1 cm³/mol. The van der Waals surface area contributed by atoms with Crippen LogP contribution in [0.25, 0.3) is 16.7 Å². The van der Waals surface area contributed by atoms with E-state index in [1.165, 1.54) is 6.07 Å². The average molecular weight is 405 g/mol. The summed E-state index contributed by atoms with van der Waals surface area (Å²) < 4.78 is 16.7. The van der Waals surface area contributed by atoms with Crippen LogP contribution in [0.15, 0.2) is 36.4 Å². The Kier molecular flexibility index (Phi) is 3.36. The lowest BCUT2D eigenvalue weighted by atomic mass is 10.2. The van der Waals surface area contributed by atoms with Crippen molar-refractivity contribution in [2.45, 2.75) is 0 Å². The van der Waals surface area contributed by atoms with Gasteiger partial charge < -0.3 is 4.98 Å². The van der Waals surface area contributed by atoms with Crippen molar-refractivity contribution in [1.29, 1.82) is 0 Å². The van der Waals surface area contributed by atoms with Crippen LogP contribution in [0.3, 0.4) is 0 Å². The zero-order valence-corrected chi connectivity index (χ0v) is 13.2. The van der Waals surface area contributed by atoms with E-state index in [2.05, 4.69) is 27.6 Å². The van der Waals surface area contributed by atoms with Crippen molar-refractivity contribution in [3.05, 3.63) is 55.6 Å². The monoisotopic (exact) mass is 404 g/mol. The van der Waals surface area contributed by atoms with Crippen molar-refractivity contribution in [2.75, 3.05) is 0 Å². The van der Waals surface area contributed by atoms with Gasteiger partial charge in [0, 0.05) is 3.57 Å². The normalized spacial score (nSPS) is 11.1. The molecule has 0 radical (unpaired) electrons. The second-order valence-electron chi connectivity index (χ2n) is 4.03. The van der Waals surface area contributed by atoms with E-state index < -0.39 is 5.82 Å². The lowest BCUT2D eigenvalue weighted by Gasteiger charge is -2.05. The summed E-state index contributed by atoms with van der Waals surface area (Å²) >= 11 is 13.4. The van der Waals surface area contributed by atoms with E-state index in [4.69, 9.17) is 23.8 Å². The summed E-state index contributed by atoms with van der Waals surface area (Å²) in [5.74, 6) is -0.439. The lowest BCUT2D eigenvalue weighted by molar-refractivity contribution is 0.628. The number of nitrogens with zero attached hydrogens (tertiary/aromatic N) is 1. The largest absolute Gasteiger partial charge is 0.330 e. The van der Waals surface area contributed by atoms with Crippen molar-refractivity contribution >= 4 is 57.4 Å². The number of nitrogens with one attached hydrogen (secondary N) is 1. The SMILES string of the molecule is Fc1ccc(-n2c(=S)[nH]c3cc(I)ccc32)cc1Cl. The molecule has 2 nitrogen and oxygen atoms in total. The molecule has 0 aliphatic heterocycles. The number of imidazole rings is 1. The Bertz CT molecular complexity index is 840. The highest BCUT2D eigenvalue weighted by Crippen LogP contribution is 2.24. The predicted octanol–water partition coefficient (Wildman–Crippen LogP) is 5.09. The first-order chi connectivity index (χ1) is 9.06. The topological polar surface area (TPSA) is 20.7 Å². The van der Waals surface area contributed by atoms with E-state index in [1.807, 2.05) is 22.8 Å². The zero-order chi connectivity index (χ0) is 13.6. The molecule has 2 aromatic carbocycles. The lowest BCUT2D eigenvalue weighted by Crippen LogP contribution is -1.94. The summed E-state index contributed by atoms with van der Waals surface area (Å²) in [6, 6.07) is 10.5. The number of aromatic nitrogens is 2. The Hall–Kier alpha value is -0.920. The van der Waals surface area contributed by atoms with Crippen molar-refractivity contribution in [2.24, 2.45) is 0 Å². The molecule has 1 N–H and O–H groups in total. The van der Waals surface area contributed by atoms with Crippen molar-refractivity contribution < 1.29 is 4.39 Å². The fraction of sp³-hybridized carbons (Fsp3) is 0. The van der Waals surface area contributed by atoms with Crippen LogP contribution in [-0.4, -0.2) is 9.55 Å². The molecular formula is C13H7ClFIN2S. The van der Waals surface area contributed by atoms with Crippen LogP contribution in [0.4, 0.5) is 4.39 Å². The highest BCUT2D eigenvalue weighted by molar-refractivity contribution is 14.1. The molecule has 0 saturated carbocycles. The molecule has 3 rings (SSSR count). The van der Waals surface area contributed by atoms with E-state index in [0.717, 1.165) is 20.3 Å². The summed E-state index contributed by atoms with van der Waals surface area (Å²) in [6.07, 6.45) is 0. The number of hydrogen-bond donors (Lipinski definition) is 1. The highest BCUT2D eigenvalue weighted by atomic mass is 127. The Morgan fingerprint density at radius 1 is 1.21 bits per heavy atom. The first-order valence-corrected chi connectivity index (χ1v) is 7.28. The van der Waals surface area contributed by atoms with Gasteiger partial charge in [0.25, 0.3) is 0 Å². The molecule has 0 bridgehead atoms. The number of benzene rings is 2. The molecule has 0 aliphatic carbocycles. The van der Waals surface area contributed by atoms with Gasteiger partial charge in [0.1, 0.15) is 5.82 Å². The molecule has 3 aromatic rings. The molecule has 0 spiro atoms. The van der Waals surface area contributed by atoms with Crippen LogP contribution in [0, 0.1) is 14.2 Å². The zero-order valence-electron chi connectivity index (χ0n) is 9.45. The van der Waals surface area contributed by atoms with Crippen LogP contribution in [0.1, 0.15) is 0 Å². The van der Waals surface area contributed by atoms with E-state index in [0.29, 0.717) is 4.77 Å². The summed E-state index contributed by atoms with van der Waals surface area (Å²) in [7, 11) is 0. The minimum Gasteiger partial charge on any atom is -0.330 e. The summed E-state index contributed by atoms with van der Waals surface area (Å²) in [5.41, 5.74) is 2.62. The molecule has 1 aromatic heterocycles. The van der Waals surface area contributed by atoms with Gasteiger partial charge in [-0.3, -0.25) is 4.57 Å². The van der Waals surface area contributed by atoms with Gasteiger partial charge in [-0.1, -0.05) is 11.6 Å². The average Bonchev–Trinajstić information content (AvgIpc) is 2.68. The number of hydrogen-bond acceptors (Lipinski definition) is 1. The summed E-state index contributed by atoms with van der Waals surface area (Å²) in [6.45, 7) is 0. The molecule has 0 amide bonds. The van der Waals surface area contributed by atoms with Crippen LogP contribution >= 0.6 is 46.4 Å². The van der Waals surface area contributed by atoms with Gasteiger partial charge in [0.15, 0.2) is 4.77 Å². The van der Waals surface area contributed by atoms with Gasteiger partial charge in [0.05, 0.1) is 21.7 Å². The highest BCUT2D eigenvalue weighted by Gasteiger charge is 2.09. The molecule has 19 heavy (non-hydrogen) atoms. The Morgan fingerprint density at radius 3 is 2.74 bits per heavy atom. The first-order valence-electron chi connectivity index (χ1n) is 5.42. The van der Waals surface area contributed by atoms with Crippen LogP contribution < -0.4 is 0 Å². The second-order valence-corrected chi connectivity index (χ2v) is 6.06. The fourth-order valence-corrected chi connectivity index (χ4v) is 2.94. The molecule has 0 saturated heterocycles. The van der Waals surface area contributed by atoms with Crippen molar-refractivity contribution in [3.8, 4) is 5.69 Å². The minimum atomic E-state index is -0.439. The fourth-order valence-electron chi connectivity index (χ4n) is 1.96. The number of rotatable bonds is 1. The smallest absolute Gasteiger partial charge is 0.182 e. The Balaban J connectivity index is 2.32. The number of aromatic amines is 1. The second kappa shape index (κ2) is 4.88. The standard InChI is InChI=1S/C13H7ClFIN2S/c14-9-6-8(2-3-10(9)15)18-12-4-1-7(16)5-11(12)17-13(18)19/h1-6H,(H,17,19). The number of H-pyrrole nitrogens is 1. The van der Waals surface area contributed by atoms with E-state index in [9.17, 15) is 4.39 Å². The van der Waals surface area contributed by atoms with Crippen LogP contribution in [0.2, 0.25) is 5.02 Å². The maximum absolute atomic E-state index is 13.2. The maximum Gasteiger partial charge on any atom is 0.182 e. The molecule has 1 heterocycles. The number of fused-ring (bicyclic) bond motifs is 1. The van der Waals surface area contributed by atoms with E-state index in [-0.39, 0.29) is 5.02 Å². The van der Waals surface area contributed by atoms with Gasteiger partial charge in [-0.05, 0) is 71.2 Å². The number of halogens is 3. The summed E-state index contributed by atoms with van der Waals surface area (Å²) in [4.78, 5) is 3.14. The van der Waals surface area contributed by atoms with Crippen LogP contribution in [-0.2, 0) is 0 Å². The Morgan fingerprint density at radius 2 is 2.00 bits per heavy atom. The molecular weight excluding hydrogens is 398 g/mol. The third kappa shape index (κ3) is 2.30. The van der Waals surface area contributed by atoms with Crippen molar-refractivity contribution in [1.82, 2.24) is 9.55 Å². The van der Waals surface area contributed by atoms with Gasteiger partial charge in [-0.15, -0.1) is 0 Å². The third-order valence-corrected chi connectivity index (χ3v) is 4.05.